The minimum atomic E-state index is -1.91. The number of para-hydroxylation sites is 1. The lowest BCUT2D eigenvalue weighted by atomic mass is 9.51. The minimum absolute atomic E-state index is 0.294. The molecule has 2 spiro atoms. The molecule has 4 amide bonds. The first-order valence-corrected chi connectivity index (χ1v) is 23.6. The van der Waals surface area contributed by atoms with Crippen LogP contribution in [0.2, 0.25) is 0 Å². The second-order valence-corrected chi connectivity index (χ2v) is 23.5. The van der Waals surface area contributed by atoms with E-state index in [1.807, 2.05) is 56.3 Å². The number of rotatable bonds is 3. The zero-order chi connectivity index (χ0) is 35.8. The van der Waals surface area contributed by atoms with Gasteiger partial charge in [0.2, 0.25) is 14.6 Å². The molecule has 10 heterocycles. The van der Waals surface area contributed by atoms with Crippen LogP contribution in [0.5, 0.6) is 0 Å². The SMILES string of the molecule is CC(C)[C@@]12SS[C@]3(C(=O)N1C)[C@@H](O)C1([C@]45C6=CC=CCC6N[C@H]4N4C(=O)[C@]6(CO)SSSS[C@]4(C(=O)N6C)[C@H]5O)c4ccccc4N[C@@H]1N3C2=O. The number of allylic oxidation sites excluding steroid dienone is 2. The van der Waals surface area contributed by atoms with E-state index in [-0.39, 0.29) is 11.8 Å². The first kappa shape index (κ1) is 33.9. The van der Waals surface area contributed by atoms with E-state index in [1.54, 1.807) is 7.05 Å². The van der Waals surface area contributed by atoms with Crippen molar-refractivity contribution in [3.63, 3.8) is 0 Å². The van der Waals surface area contributed by atoms with Crippen LogP contribution in [0.25, 0.3) is 0 Å². The largest absolute Gasteiger partial charge is 0.392 e. The van der Waals surface area contributed by atoms with Crippen molar-refractivity contribution in [2.75, 3.05) is 26.0 Å². The van der Waals surface area contributed by atoms with E-state index in [2.05, 4.69) is 10.6 Å². The fourth-order valence-corrected chi connectivity index (χ4v) is 22.7. The second kappa shape index (κ2) is 10.3. The number of carbonyl (C=O) groups is 4. The number of aliphatic hydroxyl groups is 3. The molecule has 0 saturated carbocycles. The molecule has 9 fully saturated rings. The van der Waals surface area contributed by atoms with Crippen molar-refractivity contribution in [3.8, 4) is 0 Å². The summed E-state index contributed by atoms with van der Waals surface area (Å²) in [5, 5.41) is 45.3. The van der Waals surface area contributed by atoms with Gasteiger partial charge in [-0.1, -0.05) is 61.1 Å². The number of fused-ring (bicyclic) bond motifs is 13. The Morgan fingerprint density at radius 3 is 2.25 bits per heavy atom. The molecule has 270 valence electrons. The number of likely N-dealkylation sites (N-methyl/N-ethyl adjacent to an activating group) is 2. The van der Waals surface area contributed by atoms with Gasteiger partial charge >= 0.3 is 0 Å². The second-order valence-electron chi connectivity index (χ2n) is 14.8. The molecule has 1 aromatic carbocycles. The highest BCUT2D eigenvalue weighted by molar-refractivity contribution is 9.26. The Bertz CT molecular complexity index is 1940. The Balaban J connectivity index is 1.33. The average Bonchev–Trinajstić information content (AvgIpc) is 3.77. The third-order valence-electron chi connectivity index (χ3n) is 13.0. The maximum atomic E-state index is 15.2. The average molecular weight is 807 g/mol. The van der Waals surface area contributed by atoms with E-state index in [1.165, 1.54) is 67.9 Å². The van der Waals surface area contributed by atoms with Gasteiger partial charge in [0.1, 0.15) is 18.4 Å². The van der Waals surface area contributed by atoms with Crippen LogP contribution in [-0.2, 0) is 24.6 Å². The fraction of sp³-hybridized carbons (Fsp3) is 0.562. The molecule has 51 heavy (non-hydrogen) atoms. The molecule has 2 unspecified atom stereocenters. The van der Waals surface area contributed by atoms with Crippen molar-refractivity contribution in [1.82, 2.24) is 24.9 Å². The lowest BCUT2D eigenvalue weighted by Gasteiger charge is -2.60. The Labute approximate surface area is 316 Å². The maximum Gasteiger partial charge on any atom is 0.265 e. The van der Waals surface area contributed by atoms with Crippen molar-refractivity contribution in [3.05, 3.63) is 53.6 Å². The number of carbonyl (C=O) groups excluding carboxylic acids is 4. The number of nitrogens with one attached hydrogen (secondary N) is 2. The third kappa shape index (κ3) is 3.12. The van der Waals surface area contributed by atoms with E-state index in [4.69, 9.17) is 0 Å². The number of hydrogen-bond acceptors (Lipinski definition) is 15. The van der Waals surface area contributed by atoms with Gasteiger partial charge in [0.15, 0.2) is 4.87 Å². The summed E-state index contributed by atoms with van der Waals surface area (Å²) in [7, 11) is 10.2. The van der Waals surface area contributed by atoms with Crippen molar-refractivity contribution < 1.29 is 34.5 Å². The predicted octanol–water partition coefficient (Wildman–Crippen LogP) is 1.72. The van der Waals surface area contributed by atoms with E-state index in [0.717, 1.165) is 21.6 Å². The van der Waals surface area contributed by atoms with Gasteiger partial charge in [-0.25, -0.2) is 0 Å². The van der Waals surface area contributed by atoms with Gasteiger partial charge in [-0.15, -0.1) is 0 Å². The minimum Gasteiger partial charge on any atom is -0.392 e. The Morgan fingerprint density at radius 1 is 0.843 bits per heavy atom. The number of anilines is 1. The van der Waals surface area contributed by atoms with Crippen LogP contribution in [0.3, 0.4) is 0 Å². The summed E-state index contributed by atoms with van der Waals surface area (Å²) in [5.41, 5.74) is -1.49. The van der Waals surface area contributed by atoms with Gasteiger partial charge in [0.25, 0.3) is 23.6 Å². The van der Waals surface area contributed by atoms with E-state index >= 15 is 14.4 Å². The topological polar surface area (TPSA) is 166 Å². The van der Waals surface area contributed by atoms with Crippen LogP contribution in [0.4, 0.5) is 5.69 Å². The highest BCUT2D eigenvalue weighted by Gasteiger charge is 2.93. The molecule has 0 radical (unpaired) electrons. The normalized spacial score (nSPS) is 47.2. The van der Waals surface area contributed by atoms with Crippen LogP contribution < -0.4 is 10.6 Å². The zero-order valence-electron chi connectivity index (χ0n) is 27.6. The molecule has 19 heteroatoms. The smallest absolute Gasteiger partial charge is 0.265 e. The van der Waals surface area contributed by atoms with Crippen LogP contribution >= 0.6 is 62.8 Å². The number of hydrogen-bond donors (Lipinski definition) is 5. The summed E-state index contributed by atoms with van der Waals surface area (Å²) in [4.78, 5) is 59.4. The Morgan fingerprint density at radius 2 is 1.51 bits per heavy atom. The van der Waals surface area contributed by atoms with Crippen LogP contribution in [0.1, 0.15) is 25.8 Å². The van der Waals surface area contributed by atoms with Gasteiger partial charge < -0.3 is 30.4 Å². The van der Waals surface area contributed by atoms with Crippen LogP contribution in [-0.4, -0.2) is 129 Å². The third-order valence-corrected chi connectivity index (χ3v) is 24.2. The molecular formula is C32H34N6O7S6. The van der Waals surface area contributed by atoms with Gasteiger partial charge in [-0.05, 0) is 81.6 Å². The zero-order valence-corrected chi connectivity index (χ0v) is 32.5. The van der Waals surface area contributed by atoms with E-state index in [0.29, 0.717) is 23.2 Å². The number of nitrogens with zero attached hydrogens (tertiary/aromatic N) is 4. The van der Waals surface area contributed by atoms with Gasteiger partial charge in [0, 0.05) is 25.8 Å². The standard InChI is InChI=1S/C32H34N6O7S6/c1-14(2)30-26(45)38-22-28(15-9-5-8-12-18(15)34-22,19(40)31(38,48-47-30)25(44)36(30)4)29-16-10-6-7-11-17(16)33-21(29)37-23(42)27(13-39)35(3)24(43)32(37,20(29)41)49-51-50-46-27/h5-10,12,14,17,19-22,33-34,39-41H,11,13H2,1-4H3/t17?,19-,20-,21-,22+,27-,28?,29-,30-,31-,32-/m0/s1. The van der Waals surface area contributed by atoms with Crippen LogP contribution in [0.15, 0.2) is 48.1 Å². The number of benzene rings is 1. The summed E-state index contributed by atoms with van der Waals surface area (Å²) < 4.78 is 0. The molecule has 9 saturated heterocycles. The molecule has 11 atom stereocenters. The summed E-state index contributed by atoms with van der Waals surface area (Å²) >= 11 is 0. The molecule has 1 aromatic rings. The fourth-order valence-electron chi connectivity index (χ4n) is 10.9. The Hall–Kier alpha value is -1.68. The Kier molecular flexibility index (Phi) is 6.86. The summed E-state index contributed by atoms with van der Waals surface area (Å²) in [6, 6.07) is 6.97. The molecule has 1 aliphatic carbocycles. The summed E-state index contributed by atoms with van der Waals surface area (Å²) in [5.74, 6) is -2.15. The van der Waals surface area contributed by atoms with Crippen molar-refractivity contribution in [1.29, 1.82) is 0 Å². The van der Waals surface area contributed by atoms with Gasteiger partial charge in [-0.2, -0.15) is 0 Å². The van der Waals surface area contributed by atoms with Crippen molar-refractivity contribution in [2.45, 2.75) is 75.7 Å². The van der Waals surface area contributed by atoms with E-state index < -0.39 is 85.2 Å². The highest BCUT2D eigenvalue weighted by atomic mass is 33.7. The van der Waals surface area contributed by atoms with Gasteiger partial charge in [0.05, 0.1) is 23.6 Å². The number of piperazine rings is 2. The predicted molar refractivity (Wildman–Crippen MR) is 200 cm³/mol. The van der Waals surface area contributed by atoms with E-state index in [9.17, 15) is 20.1 Å². The lowest BCUT2D eigenvalue weighted by Crippen LogP contribution is -2.79. The first-order chi connectivity index (χ1) is 24.3. The maximum absolute atomic E-state index is 15.2. The summed E-state index contributed by atoms with van der Waals surface area (Å²) in [6.45, 7) is 3.14. The first-order valence-electron chi connectivity index (χ1n) is 16.6. The molecule has 12 rings (SSSR count). The lowest BCUT2D eigenvalue weighted by molar-refractivity contribution is -0.169. The monoisotopic (exact) mass is 806 g/mol. The molecule has 11 aliphatic rings. The van der Waals surface area contributed by atoms with Crippen LogP contribution in [0, 0.1) is 11.3 Å². The van der Waals surface area contributed by atoms with Crippen molar-refractivity contribution in [2.24, 2.45) is 11.3 Å². The number of aliphatic hydroxyl groups excluding tert-OH is 3. The molecule has 10 aliphatic heterocycles. The molecule has 13 nitrogen and oxygen atoms in total. The van der Waals surface area contributed by atoms with Gasteiger partial charge in [-0.3, -0.25) is 34.3 Å². The molecular weight excluding hydrogens is 773 g/mol. The quantitative estimate of drug-likeness (QED) is 0.280. The molecule has 0 aromatic heterocycles. The highest BCUT2D eigenvalue weighted by Crippen LogP contribution is 2.79. The van der Waals surface area contributed by atoms with Crippen molar-refractivity contribution >= 4 is 92.1 Å². The molecule has 5 N–H and O–H groups in total. The number of amides is 4. The molecule has 4 bridgehead atoms. The summed E-state index contributed by atoms with van der Waals surface area (Å²) in [6.07, 6.45) is 0.798.